The average molecular weight is 245 g/mol. The van der Waals surface area contributed by atoms with E-state index in [2.05, 4.69) is 24.3 Å². The van der Waals surface area contributed by atoms with Crippen LogP contribution in [0.3, 0.4) is 0 Å². The van der Waals surface area contributed by atoms with Crippen molar-refractivity contribution < 1.29 is 9.53 Å². The zero-order valence-electron chi connectivity index (χ0n) is 11.2. The topological polar surface area (TPSA) is 30.7 Å². The molecule has 3 nitrogen and oxygen atoms in total. The van der Waals surface area contributed by atoms with Crippen LogP contribution in [0.25, 0.3) is 5.52 Å². The van der Waals surface area contributed by atoms with Gasteiger partial charge >= 0.3 is 5.97 Å². The molecule has 0 radical (unpaired) electrons. The average Bonchev–Trinajstić information content (AvgIpc) is 2.70. The van der Waals surface area contributed by atoms with Gasteiger partial charge in [-0.15, -0.1) is 0 Å². The van der Waals surface area contributed by atoms with Crippen molar-refractivity contribution >= 4 is 11.5 Å². The van der Waals surface area contributed by atoms with Crippen LogP contribution in [0.1, 0.15) is 42.0 Å². The maximum atomic E-state index is 12.0. The summed E-state index contributed by atoms with van der Waals surface area (Å²) in [4.78, 5) is 12.0. The first-order chi connectivity index (χ1) is 8.69. The molecule has 0 aliphatic rings. The quantitative estimate of drug-likeness (QED) is 0.773. The van der Waals surface area contributed by atoms with Crippen LogP contribution in [-0.4, -0.2) is 17.0 Å². The van der Waals surface area contributed by atoms with Gasteiger partial charge in [-0.05, 0) is 38.5 Å². The highest BCUT2D eigenvalue weighted by atomic mass is 16.5. The zero-order valence-corrected chi connectivity index (χ0v) is 11.2. The number of nitrogens with zero attached hydrogens (tertiary/aromatic N) is 1. The predicted octanol–water partition coefficient (Wildman–Crippen LogP) is 3.38. The number of ether oxygens (including phenoxy) is 1. The number of hydrogen-bond donors (Lipinski definition) is 0. The third kappa shape index (κ3) is 2.13. The lowest BCUT2D eigenvalue weighted by molar-refractivity contribution is 0.0529. The van der Waals surface area contributed by atoms with Crippen LogP contribution in [0.2, 0.25) is 0 Å². The Hall–Kier alpha value is -1.77. The molecule has 0 fully saturated rings. The molecule has 2 rings (SSSR count). The minimum atomic E-state index is -0.233. The number of hydrogen-bond acceptors (Lipinski definition) is 2. The number of rotatable bonds is 4. The van der Waals surface area contributed by atoms with Gasteiger partial charge in [0.2, 0.25) is 0 Å². The summed E-state index contributed by atoms with van der Waals surface area (Å²) in [6, 6.07) is 7.96. The van der Waals surface area contributed by atoms with Crippen molar-refractivity contribution in [3.8, 4) is 0 Å². The van der Waals surface area contributed by atoms with E-state index in [1.165, 1.54) is 5.69 Å². The Balaban J connectivity index is 2.61. The van der Waals surface area contributed by atoms with E-state index in [1.807, 2.05) is 25.1 Å². The third-order valence-corrected chi connectivity index (χ3v) is 3.06. The van der Waals surface area contributed by atoms with Gasteiger partial charge < -0.3 is 9.14 Å². The fourth-order valence-electron chi connectivity index (χ4n) is 2.33. The lowest BCUT2D eigenvalue weighted by Gasteiger charge is -2.05. The fraction of sp³-hybridized carbons (Fsp3) is 0.400. The summed E-state index contributed by atoms with van der Waals surface area (Å²) in [6.45, 7) is 6.43. The van der Waals surface area contributed by atoms with Crippen molar-refractivity contribution in [2.45, 2.75) is 33.6 Å². The molecule has 96 valence electrons. The lowest BCUT2D eigenvalue weighted by Crippen LogP contribution is -2.04. The minimum absolute atomic E-state index is 0.233. The summed E-state index contributed by atoms with van der Waals surface area (Å²) in [7, 11) is 0. The Labute approximate surface area is 107 Å². The largest absolute Gasteiger partial charge is 0.462 e. The van der Waals surface area contributed by atoms with Gasteiger partial charge in [0.15, 0.2) is 0 Å². The van der Waals surface area contributed by atoms with Crippen LogP contribution in [0, 0.1) is 6.92 Å². The van der Waals surface area contributed by atoms with Crippen LogP contribution in [0.5, 0.6) is 0 Å². The molecule has 2 heterocycles. The molecule has 0 N–H and O–H groups in total. The molecule has 0 aromatic carbocycles. The summed E-state index contributed by atoms with van der Waals surface area (Å²) in [5.41, 5.74) is 3.93. The molecule has 18 heavy (non-hydrogen) atoms. The molecule has 0 amide bonds. The van der Waals surface area contributed by atoms with Crippen molar-refractivity contribution in [2.75, 3.05) is 6.61 Å². The van der Waals surface area contributed by atoms with Crippen LogP contribution in [0.4, 0.5) is 0 Å². The number of aromatic nitrogens is 1. The van der Waals surface area contributed by atoms with Gasteiger partial charge in [-0.3, -0.25) is 0 Å². The Morgan fingerprint density at radius 1 is 1.33 bits per heavy atom. The molecular weight excluding hydrogens is 226 g/mol. The second-order valence-corrected chi connectivity index (χ2v) is 4.41. The van der Waals surface area contributed by atoms with E-state index in [1.54, 1.807) is 0 Å². The van der Waals surface area contributed by atoms with Crippen molar-refractivity contribution in [2.24, 2.45) is 0 Å². The van der Waals surface area contributed by atoms with Crippen molar-refractivity contribution in [3.63, 3.8) is 0 Å². The summed E-state index contributed by atoms with van der Waals surface area (Å²) in [5, 5.41) is 0. The molecular formula is C15H19NO2. The number of fused-ring (bicyclic) bond motifs is 1. The SMILES string of the molecule is CCCc1cc(C(=O)OCC)c2cccc(C)n12. The van der Waals surface area contributed by atoms with E-state index in [0.29, 0.717) is 12.2 Å². The molecule has 0 bridgehead atoms. The molecule has 0 aliphatic heterocycles. The predicted molar refractivity (Wildman–Crippen MR) is 72.1 cm³/mol. The van der Waals surface area contributed by atoms with Crippen molar-refractivity contribution in [3.05, 3.63) is 41.2 Å². The second-order valence-electron chi connectivity index (χ2n) is 4.41. The van der Waals surface area contributed by atoms with E-state index in [9.17, 15) is 4.79 Å². The molecule has 0 atom stereocenters. The van der Waals surface area contributed by atoms with Gasteiger partial charge in [-0.25, -0.2) is 4.79 Å². The molecule has 3 heteroatoms. The number of carbonyl (C=O) groups excluding carboxylic acids is 1. The summed E-state index contributed by atoms with van der Waals surface area (Å²) in [6.07, 6.45) is 2.02. The smallest absolute Gasteiger partial charge is 0.340 e. The van der Waals surface area contributed by atoms with Gasteiger partial charge in [0, 0.05) is 11.4 Å². The molecule has 2 aromatic heterocycles. The number of esters is 1. The molecule has 0 aliphatic carbocycles. The van der Waals surface area contributed by atoms with Gasteiger partial charge in [0.05, 0.1) is 17.7 Å². The standard InChI is InChI=1S/C15H19NO2/c1-4-7-12-10-13(15(17)18-5-2)14-9-6-8-11(3)16(12)14/h6,8-10H,4-5,7H2,1-3H3. The fourth-order valence-corrected chi connectivity index (χ4v) is 2.33. The van der Waals surface area contributed by atoms with Gasteiger partial charge in [-0.2, -0.15) is 0 Å². The van der Waals surface area contributed by atoms with Gasteiger partial charge in [0.1, 0.15) is 0 Å². The normalized spacial score (nSPS) is 10.8. The third-order valence-electron chi connectivity index (χ3n) is 3.06. The van der Waals surface area contributed by atoms with E-state index in [-0.39, 0.29) is 5.97 Å². The first kappa shape index (κ1) is 12.7. The summed E-state index contributed by atoms with van der Waals surface area (Å²) >= 11 is 0. The maximum Gasteiger partial charge on any atom is 0.340 e. The Kier molecular flexibility index (Phi) is 3.70. The highest BCUT2D eigenvalue weighted by Crippen LogP contribution is 2.21. The number of carbonyl (C=O) groups is 1. The summed E-state index contributed by atoms with van der Waals surface area (Å²) in [5.74, 6) is -0.233. The highest BCUT2D eigenvalue weighted by Gasteiger charge is 2.16. The lowest BCUT2D eigenvalue weighted by atomic mass is 10.2. The van der Waals surface area contributed by atoms with Crippen LogP contribution in [-0.2, 0) is 11.2 Å². The van der Waals surface area contributed by atoms with E-state index < -0.39 is 0 Å². The Bertz CT molecular complexity index is 569. The van der Waals surface area contributed by atoms with E-state index in [4.69, 9.17) is 4.74 Å². The number of aryl methyl sites for hydroxylation is 2. The van der Waals surface area contributed by atoms with E-state index >= 15 is 0 Å². The minimum Gasteiger partial charge on any atom is -0.462 e. The van der Waals surface area contributed by atoms with Crippen LogP contribution in [0.15, 0.2) is 24.3 Å². The summed E-state index contributed by atoms with van der Waals surface area (Å²) < 4.78 is 7.26. The van der Waals surface area contributed by atoms with Crippen LogP contribution >= 0.6 is 0 Å². The molecule has 0 unspecified atom stereocenters. The van der Waals surface area contributed by atoms with E-state index in [0.717, 1.165) is 24.1 Å². The first-order valence-electron chi connectivity index (χ1n) is 6.46. The first-order valence-corrected chi connectivity index (χ1v) is 6.46. The Morgan fingerprint density at radius 2 is 2.11 bits per heavy atom. The molecule has 0 saturated carbocycles. The monoisotopic (exact) mass is 245 g/mol. The molecule has 0 saturated heterocycles. The van der Waals surface area contributed by atoms with Gasteiger partial charge in [0.25, 0.3) is 0 Å². The highest BCUT2D eigenvalue weighted by molar-refractivity contribution is 5.97. The van der Waals surface area contributed by atoms with Crippen molar-refractivity contribution in [1.29, 1.82) is 0 Å². The molecule has 0 spiro atoms. The van der Waals surface area contributed by atoms with Crippen LogP contribution < -0.4 is 0 Å². The maximum absolute atomic E-state index is 12.0. The Morgan fingerprint density at radius 3 is 2.78 bits per heavy atom. The number of pyridine rings is 1. The zero-order chi connectivity index (χ0) is 13.1. The molecule has 2 aromatic rings. The second kappa shape index (κ2) is 5.25. The van der Waals surface area contributed by atoms with Gasteiger partial charge in [-0.1, -0.05) is 19.4 Å². The van der Waals surface area contributed by atoms with Crippen molar-refractivity contribution in [1.82, 2.24) is 4.40 Å².